The minimum absolute atomic E-state index is 0.139. The summed E-state index contributed by atoms with van der Waals surface area (Å²) in [5, 5.41) is 5.94. The van der Waals surface area contributed by atoms with Crippen LogP contribution in [0.4, 0.5) is 8.78 Å². The Balaban J connectivity index is 1.80. The number of nitrogens with zero attached hydrogens (tertiary/aromatic N) is 2. The molecule has 5 nitrogen and oxygen atoms in total. The predicted molar refractivity (Wildman–Crippen MR) is 131 cm³/mol. The van der Waals surface area contributed by atoms with Crippen molar-refractivity contribution in [2.75, 3.05) is 6.54 Å². The summed E-state index contributed by atoms with van der Waals surface area (Å²) in [6.45, 7) is 3.90. The Morgan fingerprint density at radius 2 is 1.74 bits per heavy atom. The molecule has 1 amide bonds. The van der Waals surface area contributed by atoms with Gasteiger partial charge in [-0.05, 0) is 49.2 Å². The monoisotopic (exact) mass is 477 g/mol. The Labute approximate surface area is 204 Å². The highest BCUT2D eigenvalue weighted by Crippen LogP contribution is 2.43. The number of nitrogens with two attached hydrogens (primary N) is 1. The van der Waals surface area contributed by atoms with Gasteiger partial charge in [-0.3, -0.25) is 4.79 Å². The third kappa shape index (κ3) is 4.95. The summed E-state index contributed by atoms with van der Waals surface area (Å²) in [7, 11) is 0. The molecule has 0 aliphatic carbocycles. The number of hydrogen-bond acceptors (Lipinski definition) is 4. The third-order valence-electron chi connectivity index (χ3n) is 6.18. The van der Waals surface area contributed by atoms with E-state index in [9.17, 15) is 13.6 Å². The van der Waals surface area contributed by atoms with E-state index in [0.717, 1.165) is 5.56 Å². The zero-order valence-corrected chi connectivity index (χ0v) is 19.9. The molecule has 0 saturated heterocycles. The van der Waals surface area contributed by atoms with Crippen LogP contribution in [-0.2, 0) is 21.7 Å². The molecule has 2 N–H and O–H groups in total. The Morgan fingerprint density at radius 3 is 2.43 bits per heavy atom. The van der Waals surface area contributed by atoms with Crippen LogP contribution in [0.15, 0.2) is 84.0 Å². The van der Waals surface area contributed by atoms with Gasteiger partial charge in [-0.25, -0.2) is 8.78 Å². The van der Waals surface area contributed by atoms with Gasteiger partial charge >= 0.3 is 0 Å². The topological polar surface area (TPSA) is 67.9 Å². The largest absolute Gasteiger partial charge is 0.443 e. The van der Waals surface area contributed by atoms with E-state index in [2.05, 4.69) is 5.10 Å². The molecule has 0 radical (unpaired) electrons. The lowest BCUT2D eigenvalue weighted by molar-refractivity contribution is -0.162. The molecule has 7 heteroatoms. The molecule has 3 aromatic carbocycles. The molecule has 0 fully saturated rings. The van der Waals surface area contributed by atoms with Crippen molar-refractivity contribution >= 4 is 11.8 Å². The molecule has 182 valence electrons. The zero-order chi connectivity index (χ0) is 25.1. The quantitative estimate of drug-likeness (QED) is 0.476. The maximum absolute atomic E-state index is 14.4. The van der Waals surface area contributed by atoms with Crippen LogP contribution in [0.25, 0.3) is 0 Å². The number of carbonyl (C=O) groups excluding carboxylic acids is 1. The van der Waals surface area contributed by atoms with Crippen LogP contribution >= 0.6 is 0 Å². The average molecular weight is 478 g/mol. The highest BCUT2D eigenvalue weighted by molar-refractivity contribution is 5.97. The maximum atomic E-state index is 14.4. The maximum Gasteiger partial charge on any atom is 0.252 e. The van der Waals surface area contributed by atoms with Gasteiger partial charge in [0.25, 0.3) is 5.91 Å². The second kappa shape index (κ2) is 9.96. The van der Waals surface area contributed by atoms with Gasteiger partial charge in [0.2, 0.25) is 11.6 Å². The smallest absolute Gasteiger partial charge is 0.252 e. The first-order valence-electron chi connectivity index (χ1n) is 11.6. The van der Waals surface area contributed by atoms with Gasteiger partial charge in [0.15, 0.2) is 0 Å². The van der Waals surface area contributed by atoms with Crippen LogP contribution in [-0.4, -0.2) is 23.4 Å². The Hall–Kier alpha value is -3.58. The van der Waals surface area contributed by atoms with E-state index in [1.54, 1.807) is 44.2 Å². The fraction of sp³-hybridized carbons (Fsp3) is 0.286. The van der Waals surface area contributed by atoms with Gasteiger partial charge < -0.3 is 10.5 Å². The molecule has 1 aliphatic rings. The summed E-state index contributed by atoms with van der Waals surface area (Å²) in [6.07, 6.45) is 1.09. The van der Waals surface area contributed by atoms with Crippen LogP contribution in [0.5, 0.6) is 0 Å². The molecule has 35 heavy (non-hydrogen) atoms. The summed E-state index contributed by atoms with van der Waals surface area (Å²) in [5.41, 5.74) is 5.13. The molecule has 0 saturated carbocycles. The molecule has 0 spiro atoms. The molecular weight excluding hydrogens is 448 g/mol. The Kier molecular flexibility index (Phi) is 6.98. The van der Waals surface area contributed by atoms with Gasteiger partial charge in [0, 0.05) is 23.0 Å². The van der Waals surface area contributed by atoms with Crippen LogP contribution in [0.3, 0.4) is 0 Å². The molecule has 0 bridgehead atoms. The summed E-state index contributed by atoms with van der Waals surface area (Å²) in [6, 6.07) is 21.6. The zero-order valence-electron chi connectivity index (χ0n) is 19.9. The van der Waals surface area contributed by atoms with Gasteiger partial charge in [-0.15, -0.1) is 5.10 Å². The van der Waals surface area contributed by atoms with Crippen molar-refractivity contribution in [2.24, 2.45) is 16.3 Å². The first-order valence-corrected chi connectivity index (χ1v) is 11.6. The number of rotatable bonds is 8. The molecule has 4 rings (SSSR count). The van der Waals surface area contributed by atoms with E-state index in [4.69, 9.17) is 10.5 Å². The standard InChI is InChI=1S/C28H29F2N3O2/c1-27(2,19-21-10-6-7-15-24(21)30)26(34)33-28(16-9-17-31,22-12-4-3-5-13-22)35-25(32-33)20-11-8-14-23(29)18-20/h3-8,10-15,18H,9,16-17,19,31H2,1-2H3. The number of halogens is 2. The molecule has 1 heterocycles. The normalized spacial score (nSPS) is 17.7. The van der Waals surface area contributed by atoms with E-state index < -0.39 is 17.0 Å². The lowest BCUT2D eigenvalue weighted by atomic mass is 9.83. The number of hydrogen-bond donors (Lipinski definition) is 1. The summed E-state index contributed by atoms with van der Waals surface area (Å²) < 4.78 is 34.9. The second-order valence-corrected chi connectivity index (χ2v) is 9.33. The van der Waals surface area contributed by atoms with Crippen LogP contribution in [0.1, 0.15) is 43.4 Å². The van der Waals surface area contributed by atoms with Crippen molar-refractivity contribution in [3.63, 3.8) is 0 Å². The lowest BCUT2D eigenvalue weighted by Gasteiger charge is -2.39. The summed E-state index contributed by atoms with van der Waals surface area (Å²) in [4.78, 5) is 14.1. The van der Waals surface area contributed by atoms with Crippen molar-refractivity contribution < 1.29 is 18.3 Å². The Morgan fingerprint density at radius 1 is 1.03 bits per heavy atom. The molecule has 3 aromatic rings. The fourth-order valence-corrected chi connectivity index (χ4v) is 4.35. The molecular formula is C28H29F2N3O2. The van der Waals surface area contributed by atoms with Crippen molar-refractivity contribution in [1.82, 2.24) is 5.01 Å². The van der Waals surface area contributed by atoms with E-state index in [0.29, 0.717) is 30.5 Å². The first-order chi connectivity index (χ1) is 16.8. The van der Waals surface area contributed by atoms with Crippen molar-refractivity contribution in [2.45, 2.75) is 38.8 Å². The molecule has 1 aliphatic heterocycles. The molecule has 1 atom stereocenters. The van der Waals surface area contributed by atoms with Crippen LogP contribution in [0, 0.1) is 17.0 Å². The van der Waals surface area contributed by atoms with Gasteiger partial charge in [0.1, 0.15) is 11.6 Å². The SMILES string of the molecule is CC(C)(Cc1ccccc1F)C(=O)N1N=C(c2cccc(F)c2)OC1(CCCN)c1ccccc1. The van der Waals surface area contributed by atoms with E-state index in [1.807, 2.05) is 30.3 Å². The Bertz CT molecular complexity index is 1230. The van der Waals surface area contributed by atoms with Crippen molar-refractivity contribution in [3.05, 3.63) is 107 Å². The predicted octanol–water partition coefficient (Wildman–Crippen LogP) is 5.35. The second-order valence-electron chi connectivity index (χ2n) is 9.33. The van der Waals surface area contributed by atoms with Gasteiger partial charge in [-0.1, -0.05) is 68.4 Å². The number of ether oxygens (including phenoxy) is 1. The molecule has 0 aromatic heterocycles. The van der Waals surface area contributed by atoms with E-state index >= 15 is 0 Å². The van der Waals surface area contributed by atoms with Crippen LogP contribution < -0.4 is 5.73 Å². The fourth-order valence-electron chi connectivity index (χ4n) is 4.35. The van der Waals surface area contributed by atoms with Gasteiger partial charge in [0.05, 0.1) is 0 Å². The number of carbonyl (C=O) groups is 1. The highest BCUT2D eigenvalue weighted by Gasteiger charge is 2.52. The third-order valence-corrected chi connectivity index (χ3v) is 6.18. The lowest BCUT2D eigenvalue weighted by Crippen LogP contribution is -2.50. The number of amides is 1. The van der Waals surface area contributed by atoms with Gasteiger partial charge in [-0.2, -0.15) is 5.01 Å². The van der Waals surface area contributed by atoms with E-state index in [-0.39, 0.29) is 24.0 Å². The van der Waals surface area contributed by atoms with Crippen molar-refractivity contribution in [3.8, 4) is 0 Å². The van der Waals surface area contributed by atoms with E-state index in [1.165, 1.54) is 23.2 Å². The number of hydrazone groups is 1. The minimum atomic E-state index is -1.27. The van der Waals surface area contributed by atoms with Crippen molar-refractivity contribution in [1.29, 1.82) is 0 Å². The highest BCUT2D eigenvalue weighted by atomic mass is 19.1. The first kappa shape index (κ1) is 24.5. The average Bonchev–Trinajstić information content (AvgIpc) is 3.25. The minimum Gasteiger partial charge on any atom is -0.443 e. The molecule has 1 unspecified atom stereocenters. The number of benzene rings is 3. The van der Waals surface area contributed by atoms with Crippen LogP contribution in [0.2, 0.25) is 0 Å². The summed E-state index contributed by atoms with van der Waals surface area (Å²) >= 11 is 0. The summed E-state index contributed by atoms with van der Waals surface area (Å²) in [5.74, 6) is -1.01.